The zero-order chi connectivity index (χ0) is 74.1. The van der Waals surface area contributed by atoms with Crippen LogP contribution in [0.2, 0.25) is 10.0 Å². The number of halogens is 2. The number of hydrogen-bond acceptors (Lipinski definition) is 17. The Morgan fingerprint density at radius 3 is 1.72 bits per heavy atom. The van der Waals surface area contributed by atoms with Crippen LogP contribution in [0.4, 0.5) is 11.4 Å². The third kappa shape index (κ3) is 10.8. The third-order valence-corrected chi connectivity index (χ3v) is 26.6. The van der Waals surface area contributed by atoms with E-state index in [0.29, 0.717) is 64.7 Å². The summed E-state index contributed by atoms with van der Waals surface area (Å²) in [4.78, 5) is 84.3. The van der Waals surface area contributed by atoms with Gasteiger partial charge >= 0.3 is 17.9 Å². The van der Waals surface area contributed by atoms with Crippen molar-refractivity contribution in [1.82, 2.24) is 30.3 Å². The lowest BCUT2D eigenvalue weighted by atomic mass is 9.47. The van der Waals surface area contributed by atoms with Crippen molar-refractivity contribution < 1.29 is 57.9 Å². The Labute approximate surface area is 624 Å². The number of H-pyrrole nitrogens is 1. The number of esters is 3. The van der Waals surface area contributed by atoms with Gasteiger partial charge in [0.15, 0.2) is 0 Å². The highest BCUT2D eigenvalue weighted by Crippen LogP contribution is 2.70. The molecule has 0 radical (unpaired) electrons. The van der Waals surface area contributed by atoms with Crippen LogP contribution in [0.25, 0.3) is 10.9 Å². The second kappa shape index (κ2) is 26.9. The maximum Gasteiger partial charge on any atom is 0.322 e. The Balaban J connectivity index is 0.000000189. The molecule has 10 aliphatic rings. The summed E-state index contributed by atoms with van der Waals surface area (Å²) in [5.74, 6) is -0.834. The average Bonchev–Trinajstić information content (AvgIpc) is 1.51. The second-order valence-corrected chi connectivity index (χ2v) is 31.9. The average molecular weight is 1470 g/mol. The minimum absolute atomic E-state index is 0.00893. The molecule has 22 heteroatoms. The van der Waals surface area contributed by atoms with Gasteiger partial charge in [-0.3, -0.25) is 38.7 Å². The number of carbonyl (C=O) groups excluding carboxylic acids is 5. The third-order valence-electron chi connectivity index (χ3n) is 26.1. The van der Waals surface area contributed by atoms with Gasteiger partial charge in [-0.1, -0.05) is 116 Å². The Hall–Kier alpha value is -8.21. The predicted molar refractivity (Wildman–Crippen MR) is 404 cm³/mol. The number of amides is 2. The van der Waals surface area contributed by atoms with Crippen molar-refractivity contribution in [2.75, 3.05) is 104 Å². The van der Waals surface area contributed by atoms with E-state index in [1.807, 2.05) is 38.4 Å². The van der Waals surface area contributed by atoms with E-state index >= 15 is 4.79 Å². The number of benzene rings is 5. The van der Waals surface area contributed by atoms with E-state index in [1.54, 1.807) is 62.8 Å². The van der Waals surface area contributed by atoms with Crippen LogP contribution in [0.15, 0.2) is 139 Å². The number of anilines is 2. The van der Waals surface area contributed by atoms with Crippen LogP contribution >= 0.6 is 23.2 Å². The number of likely N-dealkylation sites (N-methyl/N-ethyl adjacent to an activating group) is 2. The van der Waals surface area contributed by atoms with Crippen LogP contribution in [0, 0.1) is 16.7 Å². The highest BCUT2D eigenvalue weighted by atomic mass is 35.5. The summed E-state index contributed by atoms with van der Waals surface area (Å²) in [6.07, 6.45) is 13.8. The van der Waals surface area contributed by atoms with Crippen LogP contribution in [0.1, 0.15) is 122 Å². The number of rotatable bonds is 15. The van der Waals surface area contributed by atoms with Crippen molar-refractivity contribution in [2.24, 2.45) is 16.7 Å². The van der Waals surface area contributed by atoms with Gasteiger partial charge in [0.1, 0.15) is 40.3 Å². The molecule has 20 nitrogen and oxygen atoms in total. The Morgan fingerprint density at radius 1 is 0.638 bits per heavy atom. The van der Waals surface area contributed by atoms with E-state index in [2.05, 4.69) is 122 Å². The van der Waals surface area contributed by atoms with Gasteiger partial charge in [0.2, 0.25) is 0 Å². The summed E-state index contributed by atoms with van der Waals surface area (Å²) in [5.41, 5.74) is 2.04. The molecule has 1 aromatic heterocycles. The fourth-order valence-corrected chi connectivity index (χ4v) is 22.9. The molecule has 8 aliphatic heterocycles. The number of hydrogen-bond donors (Lipinski definition) is 5. The van der Waals surface area contributed by atoms with Gasteiger partial charge in [-0.15, -0.1) is 0 Å². The van der Waals surface area contributed by atoms with Crippen LogP contribution in [0.3, 0.4) is 0 Å². The molecule has 15 atom stereocenters. The predicted octanol–water partition coefficient (Wildman–Crippen LogP) is 10.3. The maximum absolute atomic E-state index is 15.5. The number of methoxy groups -OCH3 is 3. The minimum atomic E-state index is -1.83. The van der Waals surface area contributed by atoms with Crippen LogP contribution in [0.5, 0.6) is 11.5 Å². The summed E-state index contributed by atoms with van der Waals surface area (Å²) in [5, 5.41) is 35.0. The van der Waals surface area contributed by atoms with E-state index in [-0.39, 0.29) is 43.0 Å². The van der Waals surface area contributed by atoms with Gasteiger partial charge in [0.05, 0.1) is 46.5 Å². The maximum atomic E-state index is 15.5. The molecule has 105 heavy (non-hydrogen) atoms. The molecule has 2 saturated carbocycles. The number of carbonyl (C=O) groups is 5. The van der Waals surface area contributed by atoms with E-state index in [0.717, 1.165) is 109 Å². The lowest BCUT2D eigenvalue weighted by Gasteiger charge is -2.64. The smallest absolute Gasteiger partial charge is 0.322 e. The van der Waals surface area contributed by atoms with Gasteiger partial charge in [0.25, 0.3) is 11.8 Å². The van der Waals surface area contributed by atoms with E-state index < -0.39 is 80.4 Å². The summed E-state index contributed by atoms with van der Waals surface area (Å²) in [6.45, 7) is 14.4. The van der Waals surface area contributed by atoms with Gasteiger partial charge in [0, 0.05) is 161 Å². The molecule has 2 aliphatic carbocycles. The molecule has 3 unspecified atom stereocenters. The number of ether oxygens (including phenoxy) is 5. The molecule has 9 heterocycles. The van der Waals surface area contributed by atoms with E-state index in [1.165, 1.54) is 26.5 Å². The van der Waals surface area contributed by atoms with E-state index in [9.17, 15) is 29.4 Å². The Kier molecular flexibility index (Phi) is 18.6. The zero-order valence-electron chi connectivity index (χ0n) is 61.5. The Bertz CT molecular complexity index is 4600. The SMILES string of the molecule is CCC1=C[C@@H]2CN(CCc3c([nH]c4ccccc34)[C@@](C(=O)OC)(c3cc4c(cc3OC)N(C)[C@H]3[C@@](O)(CNC(=O)c5cccc(Cl)c5)[C@H](OC(C)=O)[C@]5(CC)C=CCN6CC[C@]43C65)C2)C1.CC[C@]12C=CCN3CC[C@@]4(c5ccc(OC)cc5N(C)[C@H]4[C@@](O)(CNC(=O)c4cccc(Cl)c4)[C@@H]1OC(C)=O)C32. The lowest BCUT2D eigenvalue weighted by Crippen LogP contribution is -2.81. The van der Waals surface area contributed by atoms with Gasteiger partial charge in [-0.2, -0.15) is 0 Å². The summed E-state index contributed by atoms with van der Waals surface area (Å²) in [6, 6.07) is 30.7. The van der Waals surface area contributed by atoms with Crippen molar-refractivity contribution in [2.45, 2.75) is 143 Å². The quantitative estimate of drug-likeness (QED) is 0.0366. The number of aliphatic hydroxyl groups is 2. The molecule has 2 saturated heterocycles. The highest BCUT2D eigenvalue weighted by Gasteiger charge is 2.80. The molecule has 6 aromatic rings. The van der Waals surface area contributed by atoms with Gasteiger partial charge in [-0.05, 0) is 135 Å². The van der Waals surface area contributed by atoms with Crippen LogP contribution < -0.4 is 29.9 Å². The second-order valence-electron chi connectivity index (χ2n) is 31.0. The number of aromatic amines is 1. The zero-order valence-corrected chi connectivity index (χ0v) is 63.0. The van der Waals surface area contributed by atoms with Crippen LogP contribution in [-0.4, -0.2) is 202 Å². The summed E-state index contributed by atoms with van der Waals surface area (Å²) in [7, 11) is 8.73. The topological polar surface area (TPSA) is 228 Å². The number of fused-ring (bicyclic) bond motifs is 7. The summed E-state index contributed by atoms with van der Waals surface area (Å²) >= 11 is 12.5. The van der Waals surface area contributed by atoms with E-state index in [4.69, 9.17) is 46.9 Å². The minimum Gasteiger partial charge on any atom is -0.497 e. The number of nitrogens with zero attached hydrogens (tertiary/aromatic N) is 5. The monoisotopic (exact) mass is 1470 g/mol. The van der Waals surface area contributed by atoms with Crippen molar-refractivity contribution >= 4 is 75.2 Å². The first-order chi connectivity index (χ1) is 50.4. The molecule has 4 fully saturated rings. The molecular weight excluding hydrogens is 1370 g/mol. The number of para-hydroxylation sites is 1. The highest BCUT2D eigenvalue weighted by molar-refractivity contribution is 6.31. The molecule has 5 aromatic carbocycles. The van der Waals surface area contributed by atoms with Crippen molar-refractivity contribution in [3.8, 4) is 11.5 Å². The molecular formula is C83H96Cl2N8O12. The lowest BCUT2D eigenvalue weighted by molar-refractivity contribution is -0.216. The first-order valence-corrected chi connectivity index (χ1v) is 37.8. The first-order valence-electron chi connectivity index (χ1n) is 37.1. The fourth-order valence-electron chi connectivity index (χ4n) is 22.6. The largest absolute Gasteiger partial charge is 0.497 e. The fraction of sp³-hybridized carbons (Fsp3) is 0.482. The van der Waals surface area contributed by atoms with Crippen molar-refractivity contribution in [3.63, 3.8) is 0 Å². The molecule has 554 valence electrons. The van der Waals surface area contributed by atoms with Gasteiger partial charge in [-0.25, -0.2) is 0 Å². The number of nitrogens with one attached hydrogen (secondary N) is 3. The molecule has 5 N–H and O–H groups in total. The normalized spacial score (nSPS) is 32.8. The summed E-state index contributed by atoms with van der Waals surface area (Å²) < 4.78 is 30.7. The van der Waals surface area contributed by atoms with Crippen molar-refractivity contribution in [1.29, 1.82) is 0 Å². The standard InChI is InChI=1S/C52H60ClN5O7.C31H36ClN3O5/c1-7-32-23-33-27-51(48(61)64-6,43-37(17-21-57(28-32)29-33)36-15-9-10-16-40(36)55-43)39-25-38-41(26-42(39)63-5)56(4)46-50(38)19-22-58-20-12-18-49(8-2,45(50)58)47(65-31(3)59)52(46,62)30-54-44(60)34-13-11-14-35(53)24-34;1-5-29-12-7-14-35-15-13-30(26(29)35)23-11-10-22(39-4)17-24(23)34(3)27(30)31(38,28(29)40-19(2)36)18-33-25(37)20-8-6-9-21(32)16-20/h9-16,18,23-26,33,45-47,55,62H,7-8,17,19-22,27-30H2,1-6H3,(H,54,60);6-12,16-17,26-28,38H,5,13-15,18H2,1-4H3,(H,33,37)/t33-,45?,46+,47+,49+,50+,51-,52-;26?,27-,28-,29-,30-,31+/m01/s1. The van der Waals surface area contributed by atoms with Crippen LogP contribution in [-0.2, 0) is 51.3 Å². The first kappa shape index (κ1) is 72.4. The van der Waals surface area contributed by atoms with Crippen molar-refractivity contribution in [3.05, 3.63) is 188 Å². The molecule has 2 amide bonds. The Morgan fingerprint density at radius 2 is 1.20 bits per heavy atom. The molecule has 16 rings (SSSR count). The molecule has 2 spiro atoms. The number of aromatic nitrogens is 1. The van der Waals surface area contributed by atoms with Gasteiger partial charge < -0.3 is 59.3 Å². The molecule has 2 bridgehead atoms.